The van der Waals surface area contributed by atoms with Gasteiger partial charge in [0.05, 0.1) is 17.8 Å². The third-order valence-corrected chi connectivity index (χ3v) is 5.83. The summed E-state index contributed by atoms with van der Waals surface area (Å²) in [5.74, 6) is 0.827. The number of carbonyl (C=O) groups is 1. The normalized spacial score (nSPS) is 22.6. The van der Waals surface area contributed by atoms with Crippen molar-refractivity contribution in [2.45, 2.75) is 70.5 Å². The van der Waals surface area contributed by atoms with Gasteiger partial charge in [0, 0.05) is 0 Å². The van der Waals surface area contributed by atoms with E-state index >= 15 is 0 Å². The summed E-state index contributed by atoms with van der Waals surface area (Å²) >= 11 is 0. The minimum atomic E-state index is -0.295. The van der Waals surface area contributed by atoms with E-state index in [1.807, 2.05) is 58.0 Å². The summed E-state index contributed by atoms with van der Waals surface area (Å²) in [5, 5.41) is 0. The standard InChI is InChI=1S/C24H27FO3/c1-13(2)27-22-12-20-18-10-9-17(19(20)11-21(22)25)23(18)15-5-7-16(8-6-15)24(26)28-14(3)4/h5-8,11-14,17-18,23H,9-10H2,1-4H3. The van der Waals surface area contributed by atoms with E-state index in [1.54, 1.807) is 6.07 Å². The molecule has 0 amide bonds. The first kappa shape index (κ1) is 19.0. The monoisotopic (exact) mass is 382 g/mol. The predicted octanol–water partition coefficient (Wildman–Crippen LogP) is 5.94. The topological polar surface area (TPSA) is 35.5 Å². The first-order chi connectivity index (χ1) is 13.3. The van der Waals surface area contributed by atoms with Crippen LogP contribution >= 0.6 is 0 Å². The van der Waals surface area contributed by atoms with Gasteiger partial charge >= 0.3 is 5.97 Å². The SMILES string of the molecule is CC(C)OC(=O)c1ccc(C2C3CCC2c2cc(OC(C)C)c(F)cc23)cc1. The molecular weight excluding hydrogens is 355 g/mol. The van der Waals surface area contributed by atoms with Crippen molar-refractivity contribution >= 4 is 5.97 Å². The first-order valence-corrected chi connectivity index (χ1v) is 10.2. The highest BCUT2D eigenvalue weighted by Crippen LogP contribution is 2.62. The lowest BCUT2D eigenvalue weighted by Crippen LogP contribution is -2.11. The smallest absolute Gasteiger partial charge is 0.338 e. The van der Waals surface area contributed by atoms with E-state index in [0.717, 1.165) is 18.4 Å². The van der Waals surface area contributed by atoms with Crippen LogP contribution < -0.4 is 4.74 Å². The average molecular weight is 382 g/mol. The molecule has 3 nitrogen and oxygen atoms in total. The van der Waals surface area contributed by atoms with Crippen molar-refractivity contribution in [1.29, 1.82) is 0 Å². The van der Waals surface area contributed by atoms with Crippen LogP contribution in [0.5, 0.6) is 5.75 Å². The molecule has 3 unspecified atom stereocenters. The number of carbonyl (C=O) groups excluding carboxylic acids is 1. The highest BCUT2D eigenvalue weighted by atomic mass is 19.1. The van der Waals surface area contributed by atoms with Crippen LogP contribution in [-0.4, -0.2) is 18.2 Å². The molecule has 2 bridgehead atoms. The summed E-state index contributed by atoms with van der Waals surface area (Å²) < 4.78 is 25.5. The Labute approximate surface area is 165 Å². The van der Waals surface area contributed by atoms with Gasteiger partial charge in [-0.15, -0.1) is 0 Å². The first-order valence-electron chi connectivity index (χ1n) is 10.2. The van der Waals surface area contributed by atoms with Gasteiger partial charge in [0.15, 0.2) is 11.6 Å². The summed E-state index contributed by atoms with van der Waals surface area (Å²) in [6.07, 6.45) is 1.99. The summed E-state index contributed by atoms with van der Waals surface area (Å²) in [6.45, 7) is 7.51. The molecule has 2 aliphatic carbocycles. The molecule has 28 heavy (non-hydrogen) atoms. The van der Waals surface area contributed by atoms with E-state index in [0.29, 0.717) is 29.1 Å². The minimum Gasteiger partial charge on any atom is -0.488 e. The Morgan fingerprint density at radius 3 is 2.14 bits per heavy atom. The van der Waals surface area contributed by atoms with E-state index in [-0.39, 0.29) is 24.0 Å². The third kappa shape index (κ3) is 3.30. The maximum Gasteiger partial charge on any atom is 0.338 e. The predicted molar refractivity (Wildman–Crippen MR) is 107 cm³/mol. The van der Waals surface area contributed by atoms with E-state index in [1.165, 1.54) is 11.1 Å². The molecule has 3 atom stereocenters. The van der Waals surface area contributed by atoms with E-state index in [2.05, 4.69) is 0 Å². The Bertz CT molecular complexity index is 885. The third-order valence-electron chi connectivity index (χ3n) is 5.83. The number of hydrogen-bond donors (Lipinski definition) is 0. The van der Waals surface area contributed by atoms with E-state index in [9.17, 15) is 9.18 Å². The molecule has 0 spiro atoms. The van der Waals surface area contributed by atoms with E-state index < -0.39 is 0 Å². The molecule has 0 saturated heterocycles. The number of benzene rings is 2. The van der Waals surface area contributed by atoms with Crippen molar-refractivity contribution in [1.82, 2.24) is 0 Å². The Morgan fingerprint density at radius 1 is 0.964 bits per heavy atom. The van der Waals surface area contributed by atoms with Crippen LogP contribution in [0.4, 0.5) is 4.39 Å². The molecule has 0 aromatic heterocycles. The second kappa shape index (κ2) is 7.23. The highest BCUT2D eigenvalue weighted by molar-refractivity contribution is 5.89. The van der Waals surface area contributed by atoms with Crippen molar-refractivity contribution in [2.24, 2.45) is 0 Å². The fraction of sp³-hybridized carbons (Fsp3) is 0.458. The maximum atomic E-state index is 14.5. The molecule has 0 N–H and O–H groups in total. The summed E-state index contributed by atoms with van der Waals surface area (Å²) in [4.78, 5) is 12.1. The van der Waals surface area contributed by atoms with Crippen molar-refractivity contribution in [3.8, 4) is 5.75 Å². The molecule has 1 saturated carbocycles. The molecular formula is C24H27FO3. The number of ether oxygens (including phenoxy) is 2. The molecule has 148 valence electrons. The van der Waals surface area contributed by atoms with Gasteiger partial charge in [-0.25, -0.2) is 9.18 Å². The molecule has 0 heterocycles. The Balaban J connectivity index is 1.61. The van der Waals surface area contributed by atoms with Gasteiger partial charge in [0.1, 0.15) is 0 Å². The van der Waals surface area contributed by atoms with Crippen LogP contribution in [0.2, 0.25) is 0 Å². The fourth-order valence-corrected chi connectivity index (χ4v) is 4.86. The number of halogens is 1. The van der Waals surface area contributed by atoms with Crippen LogP contribution in [0.3, 0.4) is 0 Å². The minimum absolute atomic E-state index is 0.0555. The van der Waals surface area contributed by atoms with Crippen molar-refractivity contribution < 1.29 is 18.7 Å². The fourth-order valence-electron chi connectivity index (χ4n) is 4.86. The lowest BCUT2D eigenvalue weighted by atomic mass is 9.87. The van der Waals surface area contributed by atoms with Crippen molar-refractivity contribution in [3.05, 3.63) is 64.5 Å². The Morgan fingerprint density at radius 2 is 1.57 bits per heavy atom. The quantitative estimate of drug-likeness (QED) is 0.601. The maximum absolute atomic E-state index is 14.5. The second-order valence-corrected chi connectivity index (χ2v) is 8.47. The summed E-state index contributed by atoms with van der Waals surface area (Å²) in [7, 11) is 0. The van der Waals surface area contributed by atoms with Gasteiger partial charge in [-0.05, 0) is 99.2 Å². The molecule has 4 rings (SSSR count). The molecule has 2 aromatic rings. The molecule has 2 aliphatic rings. The number of fused-ring (bicyclic) bond motifs is 5. The second-order valence-electron chi connectivity index (χ2n) is 8.47. The van der Waals surface area contributed by atoms with Gasteiger partial charge in [-0.1, -0.05) is 12.1 Å². The Hall–Kier alpha value is -2.36. The Kier molecular flexibility index (Phi) is 4.90. The van der Waals surface area contributed by atoms with Crippen molar-refractivity contribution in [3.63, 3.8) is 0 Å². The molecule has 4 heteroatoms. The van der Waals surface area contributed by atoms with Crippen LogP contribution in [-0.2, 0) is 4.74 Å². The number of esters is 1. The molecule has 0 aliphatic heterocycles. The molecule has 2 aromatic carbocycles. The van der Waals surface area contributed by atoms with Gasteiger partial charge in [-0.3, -0.25) is 0 Å². The van der Waals surface area contributed by atoms with Crippen LogP contribution in [0.25, 0.3) is 0 Å². The highest BCUT2D eigenvalue weighted by Gasteiger charge is 2.47. The largest absolute Gasteiger partial charge is 0.488 e. The zero-order valence-electron chi connectivity index (χ0n) is 16.9. The van der Waals surface area contributed by atoms with Gasteiger partial charge in [-0.2, -0.15) is 0 Å². The zero-order chi connectivity index (χ0) is 20.0. The van der Waals surface area contributed by atoms with Crippen molar-refractivity contribution in [2.75, 3.05) is 0 Å². The van der Waals surface area contributed by atoms with Crippen LogP contribution in [0.15, 0.2) is 36.4 Å². The summed E-state index contributed by atoms with van der Waals surface area (Å²) in [6, 6.07) is 11.3. The summed E-state index contributed by atoms with van der Waals surface area (Å²) in [5.41, 5.74) is 4.12. The average Bonchev–Trinajstić information content (AvgIpc) is 3.18. The van der Waals surface area contributed by atoms with Crippen LogP contribution in [0.1, 0.15) is 85.3 Å². The van der Waals surface area contributed by atoms with E-state index in [4.69, 9.17) is 9.47 Å². The lowest BCUT2D eigenvalue weighted by molar-refractivity contribution is 0.0378. The van der Waals surface area contributed by atoms with Crippen LogP contribution in [0, 0.1) is 5.82 Å². The number of rotatable bonds is 5. The van der Waals surface area contributed by atoms with Gasteiger partial charge < -0.3 is 9.47 Å². The lowest BCUT2D eigenvalue weighted by Gasteiger charge is -2.18. The zero-order valence-corrected chi connectivity index (χ0v) is 16.9. The molecule has 0 radical (unpaired) electrons. The number of hydrogen-bond acceptors (Lipinski definition) is 3. The van der Waals surface area contributed by atoms with Gasteiger partial charge in [0.25, 0.3) is 0 Å². The van der Waals surface area contributed by atoms with Gasteiger partial charge in [0.2, 0.25) is 0 Å². The molecule has 1 fully saturated rings.